The second-order valence-corrected chi connectivity index (χ2v) is 5.57. The van der Waals surface area contributed by atoms with Crippen LogP contribution in [-0.4, -0.2) is 31.2 Å². The van der Waals surface area contributed by atoms with E-state index in [2.05, 4.69) is 5.32 Å². The predicted octanol–water partition coefficient (Wildman–Crippen LogP) is 2.96. The number of carboxylic acids is 1. The number of nitrogens with one attached hydrogen (secondary N) is 1. The molecule has 0 fully saturated rings. The van der Waals surface area contributed by atoms with Crippen molar-refractivity contribution in [2.45, 2.75) is 19.4 Å². The molecule has 1 amide bonds. The maximum absolute atomic E-state index is 12.8. The van der Waals surface area contributed by atoms with Crippen LogP contribution in [0.15, 0.2) is 42.5 Å². The molecule has 0 aliphatic rings. The number of aliphatic carboxylic acids is 1. The summed E-state index contributed by atoms with van der Waals surface area (Å²) in [6.07, 6.45) is -0.230. The van der Waals surface area contributed by atoms with Gasteiger partial charge >= 0.3 is 5.97 Å². The Morgan fingerprint density at radius 3 is 2.08 bits per heavy atom. The Labute approximate surface area is 146 Å². The first kappa shape index (κ1) is 18.3. The van der Waals surface area contributed by atoms with Gasteiger partial charge in [-0.1, -0.05) is 35.9 Å². The van der Waals surface area contributed by atoms with E-state index in [1.807, 2.05) is 31.2 Å². The van der Waals surface area contributed by atoms with Gasteiger partial charge in [0.25, 0.3) is 5.91 Å². The van der Waals surface area contributed by atoms with Crippen molar-refractivity contribution >= 4 is 11.9 Å². The number of aryl methyl sites for hydroxylation is 1. The molecule has 0 unspecified atom stereocenters. The standard InChI is InChI=1S/C19H21NO5/c1-12-7-9-13(10-8-12)14(11-17(21)22)20-19(23)18-15(24-2)5-4-6-16(18)25-3/h4-10,14H,11H2,1-3H3,(H,20,23)(H,21,22)/t14-/m0/s1. The summed E-state index contributed by atoms with van der Waals surface area (Å²) in [5.74, 6) is -0.747. The summed E-state index contributed by atoms with van der Waals surface area (Å²) in [5.41, 5.74) is 2.00. The maximum atomic E-state index is 12.8. The lowest BCUT2D eigenvalue weighted by atomic mass is 10.0. The van der Waals surface area contributed by atoms with Crippen LogP contribution < -0.4 is 14.8 Å². The van der Waals surface area contributed by atoms with Crippen LogP contribution in [0.2, 0.25) is 0 Å². The highest BCUT2D eigenvalue weighted by molar-refractivity contribution is 6.00. The summed E-state index contributed by atoms with van der Waals surface area (Å²) < 4.78 is 10.5. The third-order valence-electron chi connectivity index (χ3n) is 3.82. The minimum absolute atomic E-state index is 0.230. The van der Waals surface area contributed by atoms with Crippen molar-refractivity contribution in [3.63, 3.8) is 0 Å². The molecule has 132 valence electrons. The number of amides is 1. The van der Waals surface area contributed by atoms with Crippen LogP contribution in [0.3, 0.4) is 0 Å². The Morgan fingerprint density at radius 2 is 1.60 bits per heavy atom. The summed E-state index contributed by atoms with van der Waals surface area (Å²) >= 11 is 0. The Kier molecular flexibility index (Phi) is 6.00. The van der Waals surface area contributed by atoms with Gasteiger partial charge in [-0.15, -0.1) is 0 Å². The van der Waals surface area contributed by atoms with Crippen molar-refractivity contribution < 1.29 is 24.2 Å². The molecule has 0 radical (unpaired) electrons. The smallest absolute Gasteiger partial charge is 0.305 e. The largest absolute Gasteiger partial charge is 0.496 e. The molecule has 25 heavy (non-hydrogen) atoms. The topological polar surface area (TPSA) is 84.9 Å². The minimum atomic E-state index is -1.00. The SMILES string of the molecule is COc1cccc(OC)c1C(=O)N[C@@H](CC(=O)O)c1ccc(C)cc1. The van der Waals surface area contributed by atoms with E-state index < -0.39 is 17.9 Å². The normalized spacial score (nSPS) is 11.5. The molecule has 2 N–H and O–H groups in total. The van der Waals surface area contributed by atoms with Crippen molar-refractivity contribution in [2.24, 2.45) is 0 Å². The average molecular weight is 343 g/mol. The highest BCUT2D eigenvalue weighted by Gasteiger charge is 2.23. The molecule has 2 aromatic rings. The van der Waals surface area contributed by atoms with Gasteiger partial charge in [0.2, 0.25) is 0 Å². The Morgan fingerprint density at radius 1 is 1.04 bits per heavy atom. The fourth-order valence-corrected chi connectivity index (χ4v) is 2.53. The first-order valence-corrected chi connectivity index (χ1v) is 7.76. The van der Waals surface area contributed by atoms with E-state index in [9.17, 15) is 14.7 Å². The van der Waals surface area contributed by atoms with E-state index in [4.69, 9.17) is 9.47 Å². The van der Waals surface area contributed by atoms with E-state index in [-0.39, 0.29) is 12.0 Å². The van der Waals surface area contributed by atoms with Gasteiger partial charge in [-0.05, 0) is 24.6 Å². The zero-order valence-electron chi connectivity index (χ0n) is 14.4. The molecular formula is C19H21NO5. The summed E-state index contributed by atoms with van der Waals surface area (Å²) in [4.78, 5) is 24.0. The second-order valence-electron chi connectivity index (χ2n) is 5.57. The molecule has 0 saturated heterocycles. The molecule has 2 rings (SSSR count). The number of benzene rings is 2. The van der Waals surface area contributed by atoms with Gasteiger partial charge in [0, 0.05) is 0 Å². The van der Waals surface area contributed by atoms with E-state index in [0.29, 0.717) is 11.5 Å². The molecule has 0 aliphatic heterocycles. The molecule has 0 aromatic heterocycles. The number of hydrogen-bond donors (Lipinski definition) is 2. The second kappa shape index (κ2) is 8.19. The molecule has 0 aliphatic carbocycles. The summed E-state index contributed by atoms with van der Waals surface area (Å²) in [6, 6.07) is 11.7. The van der Waals surface area contributed by atoms with Crippen LogP contribution in [0, 0.1) is 6.92 Å². The van der Waals surface area contributed by atoms with Crippen LogP contribution in [0.1, 0.15) is 33.9 Å². The van der Waals surface area contributed by atoms with E-state index in [1.165, 1.54) is 14.2 Å². The molecule has 0 bridgehead atoms. The maximum Gasteiger partial charge on any atom is 0.305 e. The Hall–Kier alpha value is -3.02. The number of carbonyl (C=O) groups excluding carboxylic acids is 1. The lowest BCUT2D eigenvalue weighted by molar-refractivity contribution is -0.137. The van der Waals surface area contributed by atoms with Gasteiger partial charge in [0.1, 0.15) is 17.1 Å². The number of methoxy groups -OCH3 is 2. The zero-order valence-corrected chi connectivity index (χ0v) is 14.4. The molecule has 2 aromatic carbocycles. The van der Waals surface area contributed by atoms with E-state index in [1.54, 1.807) is 18.2 Å². The highest BCUT2D eigenvalue weighted by Crippen LogP contribution is 2.29. The monoisotopic (exact) mass is 343 g/mol. The number of carboxylic acid groups (broad SMARTS) is 1. The number of ether oxygens (including phenoxy) is 2. The summed E-state index contributed by atoms with van der Waals surface area (Å²) in [5, 5.41) is 12.0. The van der Waals surface area contributed by atoms with Crippen LogP contribution in [-0.2, 0) is 4.79 Å². The first-order valence-electron chi connectivity index (χ1n) is 7.76. The fourth-order valence-electron chi connectivity index (χ4n) is 2.53. The Balaban J connectivity index is 2.34. The summed E-state index contributed by atoms with van der Waals surface area (Å²) in [6.45, 7) is 1.94. The molecular weight excluding hydrogens is 322 g/mol. The van der Waals surface area contributed by atoms with Crippen molar-refractivity contribution in [2.75, 3.05) is 14.2 Å². The number of carbonyl (C=O) groups is 2. The van der Waals surface area contributed by atoms with Crippen LogP contribution in [0.4, 0.5) is 0 Å². The molecule has 0 spiro atoms. The van der Waals surface area contributed by atoms with Gasteiger partial charge in [0.05, 0.1) is 26.7 Å². The van der Waals surface area contributed by atoms with Crippen molar-refractivity contribution in [1.29, 1.82) is 0 Å². The molecule has 0 saturated carbocycles. The quantitative estimate of drug-likeness (QED) is 0.807. The third-order valence-corrected chi connectivity index (χ3v) is 3.82. The fraction of sp³-hybridized carbons (Fsp3) is 0.263. The van der Waals surface area contributed by atoms with Gasteiger partial charge < -0.3 is 19.9 Å². The van der Waals surface area contributed by atoms with Crippen molar-refractivity contribution in [1.82, 2.24) is 5.32 Å². The van der Waals surface area contributed by atoms with Crippen LogP contribution >= 0.6 is 0 Å². The van der Waals surface area contributed by atoms with Gasteiger partial charge in [0.15, 0.2) is 0 Å². The predicted molar refractivity (Wildman–Crippen MR) is 93.2 cm³/mol. The lowest BCUT2D eigenvalue weighted by Gasteiger charge is -2.19. The first-order chi connectivity index (χ1) is 12.0. The van der Waals surface area contributed by atoms with E-state index >= 15 is 0 Å². The minimum Gasteiger partial charge on any atom is -0.496 e. The molecule has 0 heterocycles. The van der Waals surface area contributed by atoms with Crippen LogP contribution in [0.25, 0.3) is 0 Å². The lowest BCUT2D eigenvalue weighted by Crippen LogP contribution is -2.30. The van der Waals surface area contributed by atoms with Crippen LogP contribution in [0.5, 0.6) is 11.5 Å². The van der Waals surface area contributed by atoms with Gasteiger partial charge in [-0.2, -0.15) is 0 Å². The highest BCUT2D eigenvalue weighted by atomic mass is 16.5. The Bertz CT molecular complexity index is 733. The number of rotatable bonds is 7. The third kappa shape index (κ3) is 4.50. The molecule has 6 nitrogen and oxygen atoms in total. The molecule has 6 heteroatoms. The zero-order chi connectivity index (χ0) is 18.4. The average Bonchev–Trinajstić information content (AvgIpc) is 2.60. The number of hydrogen-bond acceptors (Lipinski definition) is 4. The van der Waals surface area contributed by atoms with Gasteiger partial charge in [-0.3, -0.25) is 9.59 Å². The summed E-state index contributed by atoms with van der Waals surface area (Å²) in [7, 11) is 2.92. The van der Waals surface area contributed by atoms with E-state index in [0.717, 1.165) is 11.1 Å². The van der Waals surface area contributed by atoms with Crippen molar-refractivity contribution in [3.05, 3.63) is 59.2 Å². The van der Waals surface area contributed by atoms with Gasteiger partial charge in [-0.25, -0.2) is 0 Å². The van der Waals surface area contributed by atoms with Crippen molar-refractivity contribution in [3.8, 4) is 11.5 Å². The molecule has 1 atom stereocenters.